The van der Waals surface area contributed by atoms with Crippen molar-refractivity contribution in [1.29, 1.82) is 5.26 Å². The maximum atomic E-state index is 10.8. The fraction of sp³-hybridized carbons (Fsp3) is 0.286. The van der Waals surface area contributed by atoms with Crippen LogP contribution in [0.4, 0.5) is 0 Å². The Kier molecular flexibility index (Phi) is 5.42. The summed E-state index contributed by atoms with van der Waals surface area (Å²) < 4.78 is 10.8. The molecule has 0 aliphatic carbocycles. The Hall–Kier alpha value is -2.48. The third-order valence-electron chi connectivity index (χ3n) is 2.25. The number of carboxylic acid groups (broad SMARTS) is 1. The van der Waals surface area contributed by atoms with Crippen LogP contribution in [-0.4, -0.2) is 24.3 Å². The molecule has 5 heteroatoms. The molecule has 1 N–H and O–H groups in total. The van der Waals surface area contributed by atoms with E-state index in [2.05, 4.69) is 0 Å². The lowest BCUT2D eigenvalue weighted by Crippen LogP contribution is -2.00. The molecule has 0 aliphatic rings. The van der Waals surface area contributed by atoms with Gasteiger partial charge in [-0.1, -0.05) is 0 Å². The summed E-state index contributed by atoms with van der Waals surface area (Å²) in [5.74, 6) is -0.141. The number of aliphatic carboxylic acids is 1. The number of carbonyl (C=O) groups is 1. The van der Waals surface area contributed by atoms with E-state index in [9.17, 15) is 4.79 Å². The van der Waals surface area contributed by atoms with Gasteiger partial charge in [0.25, 0.3) is 0 Å². The normalized spacial score (nSPS) is 10.7. The minimum atomic E-state index is -1.26. The molecule has 0 spiro atoms. The van der Waals surface area contributed by atoms with E-state index in [4.69, 9.17) is 19.8 Å². The van der Waals surface area contributed by atoms with E-state index in [1.165, 1.54) is 6.08 Å². The molecule has 0 fully saturated rings. The van der Waals surface area contributed by atoms with Crippen molar-refractivity contribution in [2.75, 3.05) is 13.2 Å². The SMILES string of the molecule is CCOc1ccc(/C=C(\C#N)C(=O)O)c(OCC)c1. The van der Waals surface area contributed by atoms with Crippen LogP contribution in [0.15, 0.2) is 23.8 Å². The molecule has 19 heavy (non-hydrogen) atoms. The molecule has 1 aromatic carbocycles. The predicted octanol–water partition coefficient (Wildman–Crippen LogP) is 2.48. The van der Waals surface area contributed by atoms with Crippen molar-refractivity contribution in [2.45, 2.75) is 13.8 Å². The number of nitriles is 1. The van der Waals surface area contributed by atoms with E-state index < -0.39 is 5.97 Å². The molecule has 0 aliphatic heterocycles. The van der Waals surface area contributed by atoms with E-state index in [0.717, 1.165) is 0 Å². The summed E-state index contributed by atoms with van der Waals surface area (Å²) in [6.45, 7) is 4.65. The zero-order valence-corrected chi connectivity index (χ0v) is 10.8. The topological polar surface area (TPSA) is 79.5 Å². The van der Waals surface area contributed by atoms with Crippen LogP contribution in [0.3, 0.4) is 0 Å². The van der Waals surface area contributed by atoms with Crippen molar-refractivity contribution >= 4 is 12.0 Å². The molecule has 0 radical (unpaired) electrons. The number of hydrogen-bond acceptors (Lipinski definition) is 4. The second kappa shape index (κ2) is 7.07. The fourth-order valence-corrected chi connectivity index (χ4v) is 1.47. The fourth-order valence-electron chi connectivity index (χ4n) is 1.47. The molecule has 0 amide bonds. The van der Waals surface area contributed by atoms with Gasteiger partial charge in [0.1, 0.15) is 23.1 Å². The molecule has 0 saturated heterocycles. The van der Waals surface area contributed by atoms with Crippen LogP contribution in [0.5, 0.6) is 11.5 Å². The molecule has 0 saturated carbocycles. The van der Waals surface area contributed by atoms with Gasteiger partial charge in [-0.2, -0.15) is 5.26 Å². The van der Waals surface area contributed by atoms with Gasteiger partial charge in [0.15, 0.2) is 0 Å². The Balaban J connectivity index is 3.19. The van der Waals surface area contributed by atoms with Crippen LogP contribution in [0, 0.1) is 11.3 Å². The Bertz CT molecular complexity index is 529. The highest BCUT2D eigenvalue weighted by Gasteiger charge is 2.09. The Morgan fingerprint density at radius 1 is 1.37 bits per heavy atom. The largest absolute Gasteiger partial charge is 0.494 e. The highest BCUT2D eigenvalue weighted by molar-refractivity contribution is 5.96. The lowest BCUT2D eigenvalue weighted by molar-refractivity contribution is -0.132. The van der Waals surface area contributed by atoms with Gasteiger partial charge in [0.2, 0.25) is 0 Å². The summed E-state index contributed by atoms with van der Waals surface area (Å²) in [6.07, 6.45) is 1.28. The van der Waals surface area contributed by atoms with Gasteiger partial charge in [-0.15, -0.1) is 0 Å². The van der Waals surface area contributed by atoms with Crippen molar-refractivity contribution < 1.29 is 19.4 Å². The maximum absolute atomic E-state index is 10.8. The summed E-state index contributed by atoms with van der Waals surface area (Å²) >= 11 is 0. The molecule has 5 nitrogen and oxygen atoms in total. The number of nitrogens with zero attached hydrogens (tertiary/aromatic N) is 1. The predicted molar refractivity (Wildman–Crippen MR) is 70.0 cm³/mol. The first-order valence-corrected chi connectivity index (χ1v) is 5.87. The molecule has 100 valence electrons. The highest BCUT2D eigenvalue weighted by Crippen LogP contribution is 2.27. The number of rotatable bonds is 6. The monoisotopic (exact) mass is 261 g/mol. The van der Waals surface area contributed by atoms with Crippen molar-refractivity contribution in [1.82, 2.24) is 0 Å². The Labute approximate surface area is 111 Å². The Morgan fingerprint density at radius 3 is 2.58 bits per heavy atom. The third kappa shape index (κ3) is 4.03. The number of ether oxygens (including phenoxy) is 2. The number of hydrogen-bond donors (Lipinski definition) is 1. The Morgan fingerprint density at radius 2 is 2.05 bits per heavy atom. The summed E-state index contributed by atoms with van der Waals surface area (Å²) in [5, 5.41) is 17.6. The number of carboxylic acids is 1. The smallest absolute Gasteiger partial charge is 0.346 e. The minimum absolute atomic E-state index is 0.342. The lowest BCUT2D eigenvalue weighted by Gasteiger charge is -2.10. The lowest BCUT2D eigenvalue weighted by atomic mass is 10.1. The molecule has 0 bridgehead atoms. The summed E-state index contributed by atoms with van der Waals surface area (Å²) in [4.78, 5) is 10.8. The molecular formula is C14H15NO4. The van der Waals surface area contributed by atoms with Crippen molar-refractivity contribution in [2.24, 2.45) is 0 Å². The van der Waals surface area contributed by atoms with Crippen LogP contribution in [0.1, 0.15) is 19.4 Å². The third-order valence-corrected chi connectivity index (χ3v) is 2.25. The molecule has 0 aromatic heterocycles. The maximum Gasteiger partial charge on any atom is 0.346 e. The first kappa shape index (κ1) is 14.6. The van der Waals surface area contributed by atoms with Crippen LogP contribution >= 0.6 is 0 Å². The quantitative estimate of drug-likeness (QED) is 0.628. The van der Waals surface area contributed by atoms with Gasteiger partial charge in [0, 0.05) is 11.6 Å². The zero-order valence-electron chi connectivity index (χ0n) is 10.8. The van der Waals surface area contributed by atoms with Gasteiger partial charge in [-0.05, 0) is 32.1 Å². The molecular weight excluding hydrogens is 246 g/mol. The molecule has 1 aromatic rings. The molecule has 1 rings (SSSR count). The second-order valence-electron chi connectivity index (χ2n) is 3.54. The first-order valence-electron chi connectivity index (χ1n) is 5.87. The number of benzene rings is 1. The van der Waals surface area contributed by atoms with Gasteiger partial charge >= 0.3 is 5.97 Å². The van der Waals surface area contributed by atoms with Crippen molar-refractivity contribution in [3.63, 3.8) is 0 Å². The average molecular weight is 261 g/mol. The van der Waals surface area contributed by atoms with Gasteiger partial charge in [-0.3, -0.25) is 0 Å². The van der Waals surface area contributed by atoms with E-state index in [-0.39, 0.29) is 5.57 Å². The van der Waals surface area contributed by atoms with Crippen LogP contribution in [0.2, 0.25) is 0 Å². The average Bonchev–Trinajstić information content (AvgIpc) is 2.38. The van der Waals surface area contributed by atoms with Crippen LogP contribution in [0.25, 0.3) is 6.08 Å². The summed E-state index contributed by atoms with van der Waals surface area (Å²) in [7, 11) is 0. The summed E-state index contributed by atoms with van der Waals surface area (Å²) in [6, 6.07) is 6.68. The first-order chi connectivity index (χ1) is 9.12. The van der Waals surface area contributed by atoms with Crippen molar-refractivity contribution in [3.8, 4) is 17.6 Å². The van der Waals surface area contributed by atoms with Crippen LogP contribution in [-0.2, 0) is 4.79 Å². The van der Waals surface area contributed by atoms with E-state index in [1.807, 2.05) is 13.8 Å². The van der Waals surface area contributed by atoms with Gasteiger partial charge < -0.3 is 14.6 Å². The van der Waals surface area contributed by atoms with E-state index in [1.54, 1.807) is 24.3 Å². The zero-order chi connectivity index (χ0) is 14.3. The second-order valence-corrected chi connectivity index (χ2v) is 3.54. The highest BCUT2D eigenvalue weighted by atomic mass is 16.5. The molecule has 0 unspecified atom stereocenters. The van der Waals surface area contributed by atoms with Crippen LogP contribution < -0.4 is 9.47 Å². The molecule has 0 atom stereocenters. The van der Waals surface area contributed by atoms with Gasteiger partial charge in [0.05, 0.1) is 13.2 Å². The summed E-state index contributed by atoms with van der Waals surface area (Å²) in [5.41, 5.74) is 0.189. The van der Waals surface area contributed by atoms with Gasteiger partial charge in [-0.25, -0.2) is 4.79 Å². The van der Waals surface area contributed by atoms with E-state index >= 15 is 0 Å². The van der Waals surface area contributed by atoms with Crippen molar-refractivity contribution in [3.05, 3.63) is 29.3 Å². The standard InChI is InChI=1S/C14H15NO4/c1-3-18-12-6-5-10(13(8-12)19-4-2)7-11(9-15)14(16)17/h5-8H,3-4H2,1-2H3,(H,16,17)/b11-7+. The van der Waals surface area contributed by atoms with E-state index in [0.29, 0.717) is 30.3 Å². The minimum Gasteiger partial charge on any atom is -0.494 e. The molecule has 0 heterocycles.